The fraction of sp³-hybridized carbons (Fsp3) is 0.156. The van der Waals surface area contributed by atoms with Crippen LogP contribution in [0.3, 0.4) is 0 Å². The Morgan fingerprint density at radius 2 is 1.35 bits per heavy atom. The first-order valence-corrected chi connectivity index (χ1v) is 14.3. The average Bonchev–Trinajstić information content (AvgIpc) is 3.01. The van der Waals surface area contributed by atoms with E-state index < -0.39 is 35.7 Å². The van der Waals surface area contributed by atoms with Gasteiger partial charge in [0, 0.05) is 17.1 Å². The van der Waals surface area contributed by atoms with Gasteiger partial charge in [0.1, 0.15) is 6.04 Å². The molecule has 3 N–H and O–H groups in total. The molecule has 0 aliphatic rings. The highest BCUT2D eigenvalue weighted by Gasteiger charge is 2.30. The molecule has 0 spiro atoms. The molecule has 0 radical (unpaired) electrons. The predicted octanol–water partition coefficient (Wildman–Crippen LogP) is 6.62. The van der Waals surface area contributed by atoms with Crippen LogP contribution in [0.5, 0.6) is 0 Å². The van der Waals surface area contributed by atoms with Crippen molar-refractivity contribution in [1.82, 2.24) is 15.8 Å². The zero-order chi connectivity index (χ0) is 30.8. The van der Waals surface area contributed by atoms with Crippen LogP contribution in [0.25, 0.3) is 11.1 Å². The minimum absolute atomic E-state index is 0.0580. The topological polar surface area (TPSA) is 98.7 Å². The van der Waals surface area contributed by atoms with Gasteiger partial charge in [-0.05, 0) is 46.5 Å². The molecule has 7 nitrogen and oxygen atoms in total. The molecule has 11 heteroatoms. The summed E-state index contributed by atoms with van der Waals surface area (Å²) in [7, 11) is 0. The monoisotopic (exact) mass is 607 g/mol. The Balaban J connectivity index is 1.49. The van der Waals surface area contributed by atoms with Gasteiger partial charge in [-0.1, -0.05) is 84.9 Å². The Bertz CT molecular complexity index is 1520. The second-order valence-electron chi connectivity index (χ2n) is 9.51. The molecule has 0 fully saturated rings. The molecule has 0 aromatic heterocycles. The molecule has 0 saturated carbocycles. The number of benzene rings is 4. The zero-order valence-corrected chi connectivity index (χ0v) is 23.6. The summed E-state index contributed by atoms with van der Waals surface area (Å²) in [4.78, 5) is 38.2. The van der Waals surface area contributed by atoms with E-state index in [1.807, 2.05) is 72.8 Å². The van der Waals surface area contributed by atoms with Gasteiger partial charge < -0.3 is 10.4 Å². The van der Waals surface area contributed by atoms with Crippen LogP contribution in [0.1, 0.15) is 27.0 Å². The quantitative estimate of drug-likeness (QED) is 0.176. The number of hydrazine groups is 1. The van der Waals surface area contributed by atoms with Crippen LogP contribution in [-0.2, 0) is 23.3 Å². The van der Waals surface area contributed by atoms with Gasteiger partial charge in [0.05, 0.1) is 12.1 Å². The predicted molar refractivity (Wildman–Crippen MR) is 159 cm³/mol. The van der Waals surface area contributed by atoms with Crippen LogP contribution in [0.2, 0.25) is 0 Å². The maximum Gasteiger partial charge on any atom is 0.416 e. The minimum atomic E-state index is -4.57. The number of carbonyl (C=O) groups excluding carboxylic acids is 2. The van der Waals surface area contributed by atoms with E-state index in [2.05, 4.69) is 10.7 Å². The van der Waals surface area contributed by atoms with Gasteiger partial charge in [-0.25, -0.2) is 14.6 Å². The SMILES string of the molecule is O=C(NN(Cc1ccc(-c2ccccc2)cc1)C(=O)NC(CSCc1ccccc1)C(=O)O)c1ccc(C(F)(F)F)cc1. The summed E-state index contributed by atoms with van der Waals surface area (Å²) in [5.41, 5.74) is 4.90. The number of aliphatic carboxylic acids is 1. The van der Waals surface area contributed by atoms with Crippen LogP contribution >= 0.6 is 11.8 Å². The zero-order valence-electron chi connectivity index (χ0n) is 22.8. The number of rotatable bonds is 10. The normalized spacial score (nSPS) is 11.8. The number of nitrogens with zero attached hydrogens (tertiary/aromatic N) is 1. The number of hydrogen-bond acceptors (Lipinski definition) is 4. The summed E-state index contributed by atoms with van der Waals surface area (Å²) in [6.07, 6.45) is -4.57. The van der Waals surface area contributed by atoms with Crippen LogP contribution in [0.4, 0.5) is 18.0 Å². The number of hydrogen-bond donors (Lipinski definition) is 3. The molecule has 0 aliphatic heterocycles. The Hall–Kier alpha value is -4.77. The van der Waals surface area contributed by atoms with Crippen molar-refractivity contribution in [3.8, 4) is 11.1 Å². The molecule has 0 bridgehead atoms. The molecule has 0 aliphatic carbocycles. The molecule has 43 heavy (non-hydrogen) atoms. The first kappa shape index (κ1) is 31.2. The third-order valence-electron chi connectivity index (χ3n) is 6.35. The summed E-state index contributed by atoms with van der Waals surface area (Å²) in [5, 5.41) is 13.1. The van der Waals surface area contributed by atoms with Gasteiger partial charge in [-0.3, -0.25) is 10.2 Å². The summed E-state index contributed by atoms with van der Waals surface area (Å²) < 4.78 is 38.9. The van der Waals surface area contributed by atoms with Crippen LogP contribution in [-0.4, -0.2) is 39.8 Å². The van der Waals surface area contributed by atoms with Gasteiger partial charge >= 0.3 is 18.2 Å². The minimum Gasteiger partial charge on any atom is -0.480 e. The van der Waals surface area contributed by atoms with E-state index in [0.717, 1.165) is 46.0 Å². The molecule has 4 aromatic rings. The second-order valence-corrected chi connectivity index (χ2v) is 10.5. The standard InChI is InChI=1S/C32H28F3N3O4S/c33-32(34,35)27-17-15-26(16-18-27)29(39)37-38(19-22-11-13-25(14-12-22)24-9-5-2-6-10-24)31(42)36-28(30(40)41)21-43-20-23-7-3-1-4-8-23/h1-18,28H,19-21H2,(H,36,42)(H,37,39)(H,40,41). The van der Waals surface area contributed by atoms with Crippen molar-refractivity contribution in [2.45, 2.75) is 24.5 Å². The van der Waals surface area contributed by atoms with Crippen molar-refractivity contribution in [2.75, 3.05) is 5.75 Å². The largest absolute Gasteiger partial charge is 0.480 e. The van der Waals surface area contributed by atoms with Gasteiger partial charge in [0.25, 0.3) is 5.91 Å². The Kier molecular flexibility index (Phi) is 10.4. The lowest BCUT2D eigenvalue weighted by Gasteiger charge is -2.26. The lowest BCUT2D eigenvalue weighted by molar-refractivity contribution is -0.139. The fourth-order valence-electron chi connectivity index (χ4n) is 4.05. The van der Waals surface area contributed by atoms with E-state index in [9.17, 15) is 32.7 Å². The number of amides is 3. The van der Waals surface area contributed by atoms with Gasteiger partial charge in [-0.15, -0.1) is 0 Å². The molecule has 3 amide bonds. The number of nitrogens with one attached hydrogen (secondary N) is 2. The smallest absolute Gasteiger partial charge is 0.416 e. The summed E-state index contributed by atoms with van der Waals surface area (Å²) in [6, 6.07) is 27.6. The average molecular weight is 608 g/mol. The number of thioether (sulfide) groups is 1. The van der Waals surface area contributed by atoms with Crippen molar-refractivity contribution in [2.24, 2.45) is 0 Å². The van der Waals surface area contributed by atoms with E-state index in [1.165, 1.54) is 11.8 Å². The summed E-state index contributed by atoms with van der Waals surface area (Å²) in [5.74, 6) is -1.50. The van der Waals surface area contributed by atoms with Gasteiger partial charge in [0.2, 0.25) is 0 Å². The lowest BCUT2D eigenvalue weighted by atomic mass is 10.0. The molecule has 222 valence electrons. The molecule has 1 atom stereocenters. The van der Waals surface area contributed by atoms with E-state index in [-0.39, 0.29) is 17.9 Å². The molecule has 1 unspecified atom stereocenters. The number of urea groups is 1. The van der Waals surface area contributed by atoms with E-state index in [4.69, 9.17) is 0 Å². The Labute approximate surface area is 250 Å². The van der Waals surface area contributed by atoms with Gasteiger partial charge in [-0.2, -0.15) is 24.9 Å². The summed E-state index contributed by atoms with van der Waals surface area (Å²) in [6.45, 7) is -0.142. The van der Waals surface area contributed by atoms with E-state index in [1.54, 1.807) is 12.1 Å². The van der Waals surface area contributed by atoms with Crippen molar-refractivity contribution >= 4 is 29.7 Å². The maximum absolute atomic E-state index is 13.3. The lowest BCUT2D eigenvalue weighted by Crippen LogP contribution is -2.54. The molecule has 4 aromatic carbocycles. The summed E-state index contributed by atoms with van der Waals surface area (Å²) >= 11 is 1.32. The first-order chi connectivity index (χ1) is 20.6. The maximum atomic E-state index is 13.3. The van der Waals surface area contributed by atoms with Crippen LogP contribution in [0.15, 0.2) is 109 Å². The third-order valence-corrected chi connectivity index (χ3v) is 7.46. The molecule has 4 rings (SSSR count). The number of carboxylic acids is 1. The Morgan fingerprint density at radius 1 is 0.767 bits per heavy atom. The van der Waals surface area contributed by atoms with E-state index >= 15 is 0 Å². The van der Waals surface area contributed by atoms with Crippen LogP contribution in [0, 0.1) is 0 Å². The van der Waals surface area contributed by atoms with Crippen molar-refractivity contribution in [1.29, 1.82) is 0 Å². The molecular formula is C32H28F3N3O4S. The van der Waals surface area contributed by atoms with E-state index in [0.29, 0.717) is 11.3 Å². The molecule has 0 heterocycles. The van der Waals surface area contributed by atoms with Crippen molar-refractivity contribution in [3.63, 3.8) is 0 Å². The number of halogens is 3. The first-order valence-electron chi connectivity index (χ1n) is 13.2. The van der Waals surface area contributed by atoms with Crippen molar-refractivity contribution < 1.29 is 32.7 Å². The number of alkyl halides is 3. The molecule has 0 saturated heterocycles. The number of carboxylic acid groups (broad SMARTS) is 1. The van der Waals surface area contributed by atoms with Gasteiger partial charge in [0.15, 0.2) is 0 Å². The molecular weight excluding hydrogens is 579 g/mol. The highest BCUT2D eigenvalue weighted by Crippen LogP contribution is 2.29. The highest BCUT2D eigenvalue weighted by molar-refractivity contribution is 7.98. The fourth-order valence-corrected chi connectivity index (χ4v) is 5.05. The van der Waals surface area contributed by atoms with Crippen LogP contribution < -0.4 is 10.7 Å². The highest BCUT2D eigenvalue weighted by atomic mass is 32.2. The second kappa shape index (κ2) is 14.4. The third kappa shape index (κ3) is 9.11. The van der Waals surface area contributed by atoms with Crippen molar-refractivity contribution in [3.05, 3.63) is 131 Å². The number of carbonyl (C=O) groups is 3. The Morgan fingerprint density at radius 3 is 1.93 bits per heavy atom.